The van der Waals surface area contributed by atoms with Crippen LogP contribution in [0.4, 0.5) is 5.69 Å². The number of methoxy groups -OCH3 is 3. The van der Waals surface area contributed by atoms with Crippen LogP contribution >= 0.6 is 0 Å². The predicted octanol–water partition coefficient (Wildman–Crippen LogP) is 4.14. The second-order valence-corrected chi connectivity index (χ2v) is 7.60. The van der Waals surface area contributed by atoms with Crippen molar-refractivity contribution in [3.05, 3.63) is 54.0 Å². The second-order valence-electron chi connectivity index (χ2n) is 7.60. The number of para-hydroxylation sites is 2. The van der Waals surface area contributed by atoms with Gasteiger partial charge in [0.05, 0.1) is 36.5 Å². The molecule has 1 aromatic heterocycles. The van der Waals surface area contributed by atoms with Crippen molar-refractivity contribution in [2.24, 2.45) is 0 Å². The molecule has 4 rings (SSSR count). The zero-order chi connectivity index (χ0) is 22.2. The van der Waals surface area contributed by atoms with Gasteiger partial charge in [-0.15, -0.1) is 0 Å². The highest BCUT2D eigenvalue weighted by molar-refractivity contribution is 6.31. The molecular weight excluding hydrogens is 396 g/mol. The van der Waals surface area contributed by atoms with Crippen molar-refractivity contribution in [2.45, 2.75) is 18.9 Å². The molecule has 2 heterocycles. The first-order valence-electron chi connectivity index (χ1n) is 9.93. The van der Waals surface area contributed by atoms with Gasteiger partial charge in [0.25, 0.3) is 0 Å². The van der Waals surface area contributed by atoms with Crippen LogP contribution in [-0.4, -0.2) is 54.4 Å². The minimum Gasteiger partial charge on any atom is -0.509 e. The summed E-state index contributed by atoms with van der Waals surface area (Å²) in [6.07, 6.45) is 0.459. The average molecular weight is 422 g/mol. The number of aliphatic hydroxyl groups excluding tert-OH is 1. The van der Waals surface area contributed by atoms with E-state index < -0.39 is 5.54 Å². The lowest BCUT2D eigenvalue weighted by Gasteiger charge is -2.37. The minimum atomic E-state index is -0.918. The van der Waals surface area contributed by atoms with Crippen molar-refractivity contribution in [1.29, 1.82) is 5.41 Å². The third-order valence-corrected chi connectivity index (χ3v) is 5.71. The zero-order valence-corrected chi connectivity index (χ0v) is 18.0. The summed E-state index contributed by atoms with van der Waals surface area (Å²) >= 11 is 0. The Hall–Kier alpha value is -3.52. The normalized spacial score (nSPS) is 18.8. The van der Waals surface area contributed by atoms with Crippen LogP contribution in [0.1, 0.15) is 19.2 Å². The number of ether oxygens (including phenoxy) is 3. The van der Waals surface area contributed by atoms with Gasteiger partial charge < -0.3 is 29.2 Å². The Balaban J connectivity index is 1.87. The lowest BCUT2D eigenvalue weighted by molar-refractivity contribution is 0.168. The van der Waals surface area contributed by atoms with Crippen LogP contribution in [0.5, 0.6) is 11.5 Å². The van der Waals surface area contributed by atoms with Gasteiger partial charge in [-0.05, 0) is 19.1 Å². The zero-order valence-electron chi connectivity index (χ0n) is 18.0. The Morgan fingerprint density at radius 3 is 2.39 bits per heavy atom. The number of aliphatic hydroxyl groups is 1. The van der Waals surface area contributed by atoms with E-state index in [1.807, 2.05) is 43.3 Å². The molecule has 1 atom stereocenters. The van der Waals surface area contributed by atoms with Gasteiger partial charge in [0.2, 0.25) is 0 Å². The number of hydrogen-bond acceptors (Lipinski definition) is 6. The number of anilines is 1. The Kier molecular flexibility index (Phi) is 5.32. The molecule has 0 saturated heterocycles. The van der Waals surface area contributed by atoms with Crippen molar-refractivity contribution in [3.63, 3.8) is 0 Å². The molecule has 0 aliphatic carbocycles. The molecule has 2 aromatic carbocycles. The summed E-state index contributed by atoms with van der Waals surface area (Å²) in [6, 6.07) is 13.0. The highest BCUT2D eigenvalue weighted by atomic mass is 16.5. The maximum atomic E-state index is 11.4. The molecule has 1 unspecified atom stereocenters. The fraction of sp³-hybridized carbons (Fsp3) is 0.304. The van der Waals surface area contributed by atoms with E-state index in [0.29, 0.717) is 41.6 Å². The molecule has 1 aliphatic rings. The number of fused-ring (bicyclic) bond motifs is 1. The Bertz CT molecular complexity index is 1110. The van der Waals surface area contributed by atoms with Crippen molar-refractivity contribution in [1.82, 2.24) is 9.97 Å². The Labute approximate surface area is 180 Å². The molecular formula is C23H26N4O4. The number of hydrogen-bond donors (Lipinski definition) is 3. The molecule has 0 spiro atoms. The second kappa shape index (κ2) is 7.96. The van der Waals surface area contributed by atoms with Gasteiger partial charge in [0.1, 0.15) is 34.5 Å². The first-order chi connectivity index (χ1) is 14.9. The Morgan fingerprint density at radius 1 is 1.10 bits per heavy atom. The molecule has 0 bridgehead atoms. The maximum absolute atomic E-state index is 11.4. The summed E-state index contributed by atoms with van der Waals surface area (Å²) in [5, 5.41) is 20.4. The average Bonchev–Trinajstić information content (AvgIpc) is 3.28. The fourth-order valence-corrected chi connectivity index (χ4v) is 4.01. The van der Waals surface area contributed by atoms with Crippen LogP contribution in [0, 0.1) is 5.41 Å². The topological polar surface area (TPSA) is 104 Å². The lowest BCUT2D eigenvalue weighted by Crippen LogP contribution is -2.47. The van der Waals surface area contributed by atoms with E-state index >= 15 is 0 Å². The molecule has 3 N–H and O–H groups in total. The molecule has 8 nitrogen and oxygen atoms in total. The number of amidine groups is 1. The van der Waals surface area contributed by atoms with Crippen molar-refractivity contribution in [2.75, 3.05) is 32.8 Å². The van der Waals surface area contributed by atoms with Crippen LogP contribution in [-0.2, 0) is 4.74 Å². The van der Waals surface area contributed by atoms with Gasteiger partial charge in [0, 0.05) is 38.3 Å². The van der Waals surface area contributed by atoms with Gasteiger partial charge in [-0.3, -0.25) is 5.41 Å². The van der Waals surface area contributed by atoms with E-state index in [1.54, 1.807) is 32.3 Å². The van der Waals surface area contributed by atoms with Crippen LogP contribution in [0.2, 0.25) is 0 Å². The first kappa shape index (κ1) is 20.7. The first-order valence-corrected chi connectivity index (χ1v) is 9.93. The third kappa shape index (κ3) is 3.38. The number of aromatic nitrogens is 2. The summed E-state index contributed by atoms with van der Waals surface area (Å²) in [4.78, 5) is 9.62. The van der Waals surface area contributed by atoms with Crippen molar-refractivity contribution >= 4 is 28.1 Å². The molecule has 0 amide bonds. The van der Waals surface area contributed by atoms with Crippen LogP contribution < -0.4 is 14.4 Å². The molecule has 0 fully saturated rings. The smallest absolute Gasteiger partial charge is 0.145 e. The van der Waals surface area contributed by atoms with Gasteiger partial charge in [-0.1, -0.05) is 12.1 Å². The van der Waals surface area contributed by atoms with Gasteiger partial charge in [0.15, 0.2) is 0 Å². The number of benzene rings is 2. The number of nitrogens with one attached hydrogen (secondary N) is 2. The number of imidazole rings is 1. The molecule has 3 aromatic rings. The van der Waals surface area contributed by atoms with Crippen LogP contribution in [0.3, 0.4) is 0 Å². The minimum absolute atomic E-state index is 0.0652. The van der Waals surface area contributed by atoms with Crippen molar-refractivity contribution in [3.8, 4) is 11.5 Å². The number of rotatable bonds is 7. The van der Waals surface area contributed by atoms with Gasteiger partial charge >= 0.3 is 0 Å². The molecule has 31 heavy (non-hydrogen) atoms. The highest BCUT2D eigenvalue weighted by Crippen LogP contribution is 2.45. The summed E-state index contributed by atoms with van der Waals surface area (Å²) in [6.45, 7) is 2.29. The Morgan fingerprint density at radius 2 is 1.77 bits per heavy atom. The van der Waals surface area contributed by atoms with Gasteiger partial charge in [-0.25, -0.2) is 4.98 Å². The molecule has 162 valence electrons. The van der Waals surface area contributed by atoms with E-state index in [4.69, 9.17) is 19.6 Å². The molecule has 1 aliphatic heterocycles. The van der Waals surface area contributed by atoms with E-state index in [-0.39, 0.29) is 11.6 Å². The standard InChI is InChI=1S/C23H26N4O4/c1-23(9-10-29-2)20(28)19(22-25-17-7-5-6-8-18(17)26-22)21(24)27(23)14-11-15(30-3)13-16(12-14)31-4/h5-8,11-13,24,28H,9-10H2,1-4H3,(H,25,26). The van der Waals surface area contributed by atoms with Crippen LogP contribution in [0.25, 0.3) is 16.6 Å². The largest absolute Gasteiger partial charge is 0.509 e. The molecule has 0 saturated carbocycles. The van der Waals surface area contributed by atoms with Crippen LogP contribution in [0.15, 0.2) is 48.2 Å². The SMILES string of the molecule is COCCC1(C)C(O)=C(c2nc3ccccc3[nH]2)C(=N)N1c1cc(OC)cc(OC)c1. The lowest BCUT2D eigenvalue weighted by atomic mass is 9.94. The summed E-state index contributed by atoms with van der Waals surface area (Å²) in [5.74, 6) is 1.83. The maximum Gasteiger partial charge on any atom is 0.145 e. The number of H-pyrrole nitrogens is 1. The summed E-state index contributed by atoms with van der Waals surface area (Å²) in [7, 11) is 4.77. The third-order valence-electron chi connectivity index (χ3n) is 5.71. The van der Waals surface area contributed by atoms with E-state index in [9.17, 15) is 5.11 Å². The van der Waals surface area contributed by atoms with E-state index in [2.05, 4.69) is 9.97 Å². The molecule has 8 heteroatoms. The summed E-state index contributed by atoms with van der Waals surface area (Å²) < 4.78 is 16.2. The quantitative estimate of drug-likeness (QED) is 0.529. The highest BCUT2D eigenvalue weighted by Gasteiger charge is 2.49. The van der Waals surface area contributed by atoms with E-state index in [0.717, 1.165) is 11.0 Å². The molecule has 0 radical (unpaired) electrons. The summed E-state index contributed by atoms with van der Waals surface area (Å²) in [5.41, 5.74) is 1.71. The monoisotopic (exact) mass is 422 g/mol. The number of nitrogens with zero attached hydrogens (tertiary/aromatic N) is 2. The number of aromatic amines is 1. The van der Waals surface area contributed by atoms with Crippen molar-refractivity contribution < 1.29 is 19.3 Å². The fourth-order valence-electron chi connectivity index (χ4n) is 4.01. The predicted molar refractivity (Wildman–Crippen MR) is 120 cm³/mol. The van der Waals surface area contributed by atoms with Gasteiger partial charge in [-0.2, -0.15) is 0 Å². The van der Waals surface area contributed by atoms with E-state index in [1.165, 1.54) is 0 Å².